The molecule has 4 aromatic rings. The van der Waals surface area contributed by atoms with Crippen molar-refractivity contribution in [3.63, 3.8) is 0 Å². The standard InChI is InChI=1S/C29H35N5O3/c1-29(2,3)37-28(36)31-18-10-17-30-16-9-15-25-33-26-23(19-22-13-7-8-14-24(22)32-26)27(35)34(25)20-21-11-5-4-6-12-21/h4-8,11-14,19,30H,9-10,15-18,20H2,1-3H3,(H,31,36). The molecule has 8 nitrogen and oxygen atoms in total. The smallest absolute Gasteiger partial charge is 0.407 e. The van der Waals surface area contributed by atoms with Crippen LogP contribution in [0.2, 0.25) is 0 Å². The van der Waals surface area contributed by atoms with Crippen molar-refractivity contribution in [1.29, 1.82) is 0 Å². The summed E-state index contributed by atoms with van der Waals surface area (Å²) in [6.45, 7) is 8.09. The van der Waals surface area contributed by atoms with Gasteiger partial charge in [0.2, 0.25) is 0 Å². The number of alkyl carbamates (subject to hydrolysis) is 1. The van der Waals surface area contributed by atoms with Crippen LogP contribution >= 0.6 is 0 Å². The van der Waals surface area contributed by atoms with Crippen LogP contribution in [-0.2, 0) is 17.7 Å². The van der Waals surface area contributed by atoms with Crippen LogP contribution in [0.5, 0.6) is 0 Å². The first-order chi connectivity index (χ1) is 17.8. The van der Waals surface area contributed by atoms with Crippen LogP contribution in [0, 0.1) is 0 Å². The minimum Gasteiger partial charge on any atom is -0.444 e. The van der Waals surface area contributed by atoms with E-state index in [-0.39, 0.29) is 5.56 Å². The van der Waals surface area contributed by atoms with Crippen molar-refractivity contribution in [1.82, 2.24) is 25.2 Å². The number of ether oxygens (including phenoxy) is 1. The first kappa shape index (κ1) is 26.3. The van der Waals surface area contributed by atoms with Gasteiger partial charge >= 0.3 is 6.09 Å². The number of nitrogens with one attached hydrogen (secondary N) is 2. The van der Waals surface area contributed by atoms with Gasteiger partial charge in [-0.1, -0.05) is 48.5 Å². The first-order valence-electron chi connectivity index (χ1n) is 12.8. The van der Waals surface area contributed by atoms with Crippen LogP contribution in [0.15, 0.2) is 65.5 Å². The lowest BCUT2D eigenvalue weighted by Gasteiger charge is -2.19. The number of para-hydroxylation sites is 1. The Bertz CT molecular complexity index is 1410. The number of amides is 1. The lowest BCUT2D eigenvalue weighted by Crippen LogP contribution is -2.34. The molecule has 0 bridgehead atoms. The summed E-state index contributed by atoms with van der Waals surface area (Å²) in [5.74, 6) is 0.734. The van der Waals surface area contributed by atoms with E-state index >= 15 is 0 Å². The first-order valence-corrected chi connectivity index (χ1v) is 12.8. The van der Waals surface area contributed by atoms with E-state index in [1.807, 2.05) is 81.4 Å². The number of carbonyl (C=O) groups excluding carboxylic acids is 1. The number of nitrogens with zero attached hydrogens (tertiary/aromatic N) is 3. The Morgan fingerprint density at radius 3 is 2.46 bits per heavy atom. The molecule has 0 aliphatic heterocycles. The van der Waals surface area contributed by atoms with E-state index in [9.17, 15) is 9.59 Å². The van der Waals surface area contributed by atoms with Gasteiger partial charge in [0, 0.05) is 18.4 Å². The van der Waals surface area contributed by atoms with Crippen LogP contribution < -0.4 is 16.2 Å². The van der Waals surface area contributed by atoms with Crippen LogP contribution in [0.1, 0.15) is 45.0 Å². The van der Waals surface area contributed by atoms with Crippen molar-refractivity contribution in [3.05, 3.63) is 82.4 Å². The van der Waals surface area contributed by atoms with E-state index in [2.05, 4.69) is 15.6 Å². The summed E-state index contributed by atoms with van der Waals surface area (Å²) in [6, 6.07) is 19.6. The maximum absolute atomic E-state index is 13.6. The number of carbonyl (C=O) groups is 1. The van der Waals surface area contributed by atoms with Crippen molar-refractivity contribution in [3.8, 4) is 0 Å². The summed E-state index contributed by atoms with van der Waals surface area (Å²) >= 11 is 0. The minimum absolute atomic E-state index is 0.0664. The molecule has 0 spiro atoms. The van der Waals surface area contributed by atoms with Gasteiger partial charge in [0.25, 0.3) is 5.56 Å². The molecule has 0 aliphatic carbocycles. The summed E-state index contributed by atoms with van der Waals surface area (Å²) in [6.07, 6.45) is 1.87. The maximum Gasteiger partial charge on any atom is 0.407 e. The summed E-state index contributed by atoms with van der Waals surface area (Å²) < 4.78 is 7.02. The zero-order chi connectivity index (χ0) is 26.3. The molecular weight excluding hydrogens is 466 g/mol. The van der Waals surface area contributed by atoms with Crippen LogP contribution in [0.25, 0.3) is 21.9 Å². The number of aryl methyl sites for hydroxylation is 1. The second kappa shape index (κ2) is 12.0. The molecule has 0 aliphatic rings. The van der Waals surface area contributed by atoms with Crippen molar-refractivity contribution < 1.29 is 9.53 Å². The monoisotopic (exact) mass is 501 g/mol. The van der Waals surface area contributed by atoms with E-state index in [0.29, 0.717) is 30.5 Å². The third kappa shape index (κ3) is 7.36. The Morgan fingerprint density at radius 1 is 0.946 bits per heavy atom. The summed E-state index contributed by atoms with van der Waals surface area (Å²) in [5.41, 5.74) is 1.81. The van der Waals surface area contributed by atoms with Crippen molar-refractivity contribution >= 4 is 28.0 Å². The predicted molar refractivity (Wildman–Crippen MR) is 147 cm³/mol. The molecule has 1 amide bonds. The number of pyridine rings is 1. The van der Waals surface area contributed by atoms with Gasteiger partial charge in [0.15, 0.2) is 5.65 Å². The molecule has 0 saturated carbocycles. The van der Waals surface area contributed by atoms with E-state index in [0.717, 1.165) is 48.2 Å². The second-order valence-electron chi connectivity index (χ2n) is 10.1. The number of aromatic nitrogens is 3. The molecule has 0 unspecified atom stereocenters. The van der Waals surface area contributed by atoms with Crippen LogP contribution in [0.3, 0.4) is 0 Å². The molecule has 0 fully saturated rings. The van der Waals surface area contributed by atoms with Gasteiger partial charge in [-0.3, -0.25) is 9.36 Å². The SMILES string of the molecule is CC(C)(C)OC(=O)NCCCNCCCc1nc2nc3ccccc3cc2c(=O)n1Cc1ccccc1. The average Bonchev–Trinajstić information content (AvgIpc) is 2.86. The van der Waals surface area contributed by atoms with Gasteiger partial charge in [-0.15, -0.1) is 0 Å². The van der Waals surface area contributed by atoms with E-state index in [1.165, 1.54) is 0 Å². The van der Waals surface area contributed by atoms with Crippen LogP contribution in [-0.4, -0.2) is 45.9 Å². The maximum atomic E-state index is 13.6. The Hall–Kier alpha value is -3.78. The van der Waals surface area contributed by atoms with Gasteiger partial charge in [0.05, 0.1) is 17.4 Å². The highest BCUT2D eigenvalue weighted by atomic mass is 16.6. The zero-order valence-electron chi connectivity index (χ0n) is 21.8. The molecule has 2 N–H and O–H groups in total. The number of benzene rings is 2. The lowest BCUT2D eigenvalue weighted by atomic mass is 10.1. The Morgan fingerprint density at radius 2 is 1.68 bits per heavy atom. The molecule has 8 heteroatoms. The molecule has 2 heterocycles. The Labute approximate surface area is 217 Å². The van der Waals surface area contributed by atoms with Crippen molar-refractivity contribution in [2.45, 2.75) is 52.2 Å². The third-order valence-electron chi connectivity index (χ3n) is 5.86. The quantitative estimate of drug-likeness (QED) is 0.246. The van der Waals surface area contributed by atoms with Gasteiger partial charge in [-0.25, -0.2) is 14.8 Å². The molecule has 2 aromatic heterocycles. The Kier molecular flexibility index (Phi) is 8.50. The van der Waals surface area contributed by atoms with Crippen LogP contribution in [0.4, 0.5) is 4.79 Å². The largest absolute Gasteiger partial charge is 0.444 e. The number of rotatable bonds is 10. The van der Waals surface area contributed by atoms with Gasteiger partial charge < -0.3 is 15.4 Å². The zero-order valence-corrected chi connectivity index (χ0v) is 21.8. The topological polar surface area (TPSA) is 98.1 Å². The molecule has 194 valence electrons. The lowest BCUT2D eigenvalue weighted by molar-refractivity contribution is 0.0527. The number of hydrogen-bond acceptors (Lipinski definition) is 6. The minimum atomic E-state index is -0.497. The summed E-state index contributed by atoms with van der Waals surface area (Å²) in [5, 5.41) is 7.63. The van der Waals surface area contributed by atoms with Gasteiger partial charge in [-0.05, 0) is 64.4 Å². The highest BCUT2D eigenvalue weighted by Gasteiger charge is 2.16. The fourth-order valence-electron chi connectivity index (χ4n) is 4.13. The molecule has 0 saturated heterocycles. The van der Waals surface area contributed by atoms with E-state index < -0.39 is 11.7 Å². The van der Waals surface area contributed by atoms with Gasteiger partial charge in [-0.2, -0.15) is 0 Å². The van der Waals surface area contributed by atoms with Crippen molar-refractivity contribution in [2.75, 3.05) is 19.6 Å². The molecule has 4 rings (SSSR count). The van der Waals surface area contributed by atoms with Crippen molar-refractivity contribution in [2.24, 2.45) is 0 Å². The molecule has 0 atom stereocenters. The second-order valence-corrected chi connectivity index (χ2v) is 10.1. The fourth-order valence-corrected chi connectivity index (χ4v) is 4.13. The molecule has 0 radical (unpaired) electrons. The summed E-state index contributed by atoms with van der Waals surface area (Å²) in [7, 11) is 0. The normalized spacial score (nSPS) is 11.6. The summed E-state index contributed by atoms with van der Waals surface area (Å²) in [4.78, 5) is 34.8. The molecule has 2 aromatic carbocycles. The highest BCUT2D eigenvalue weighted by Crippen LogP contribution is 2.17. The number of hydrogen-bond donors (Lipinski definition) is 2. The molecular formula is C29H35N5O3. The molecule has 37 heavy (non-hydrogen) atoms. The average molecular weight is 502 g/mol. The Balaban J connectivity index is 1.40. The van der Waals surface area contributed by atoms with E-state index in [1.54, 1.807) is 4.57 Å². The number of fused-ring (bicyclic) bond motifs is 2. The predicted octanol–water partition coefficient (Wildman–Crippen LogP) is 4.43. The highest BCUT2D eigenvalue weighted by molar-refractivity contribution is 5.90. The fraction of sp³-hybridized carbons (Fsp3) is 0.379. The van der Waals surface area contributed by atoms with Gasteiger partial charge in [0.1, 0.15) is 11.4 Å². The van der Waals surface area contributed by atoms with E-state index in [4.69, 9.17) is 9.72 Å². The third-order valence-corrected chi connectivity index (χ3v) is 5.86.